The number of hydrogen-bond donors (Lipinski definition) is 6. The summed E-state index contributed by atoms with van der Waals surface area (Å²) in [6.07, 6.45) is -7.92. The van der Waals surface area contributed by atoms with Gasteiger partial charge in [-0.1, -0.05) is 0 Å². The minimum atomic E-state index is -5.09. The summed E-state index contributed by atoms with van der Waals surface area (Å²) in [7, 11) is -10.1. The fourth-order valence-electron chi connectivity index (χ4n) is 5.20. The zero-order valence-electron chi connectivity index (χ0n) is 21.9. The number of phosphoric acid groups is 2. The summed E-state index contributed by atoms with van der Waals surface area (Å²) in [6.45, 7) is -1.62. The molecule has 3 aliphatic rings. The standard InChI is InChI=1S/C20H23N9O13P2/c21-15-10-17(24-4-22-15)28(6-26-10)19-12(31)13-9(40-19)3-38-44(35,36)42-14-11(30)8(2-37-43(33,34)41-13)39-20(14)29-16-7(1-27-29)18(32)25-5-23-16/h1,4-6,8-9,11-14,19-20,30-31H,2-3H2,(H,33,34)(H,35,36)(H2,21,22,24)(H,23,25,32)/t8-,9?,11-,12-,13-,14-,19-,20-/m1/s1. The molecule has 0 aliphatic carbocycles. The number of nitrogens with two attached hydrogens (primary N) is 1. The van der Waals surface area contributed by atoms with Crippen molar-refractivity contribution in [3.8, 4) is 0 Å². The predicted octanol–water partition coefficient (Wildman–Crippen LogP) is -1.92. The molecule has 0 aromatic carbocycles. The van der Waals surface area contributed by atoms with E-state index in [0.717, 1.165) is 23.5 Å². The van der Waals surface area contributed by atoms with E-state index in [9.17, 15) is 33.9 Å². The minimum absolute atomic E-state index is 0.0200. The van der Waals surface area contributed by atoms with Crippen molar-refractivity contribution >= 4 is 43.7 Å². The number of anilines is 1. The molecule has 0 radical (unpaired) electrons. The van der Waals surface area contributed by atoms with Crippen LogP contribution in [0.15, 0.2) is 30.0 Å². The Labute approximate surface area is 243 Å². The number of phosphoric ester groups is 2. The van der Waals surface area contributed by atoms with Crippen molar-refractivity contribution in [1.82, 2.24) is 39.3 Å². The molecule has 10 atom stereocenters. The van der Waals surface area contributed by atoms with Gasteiger partial charge in [0.2, 0.25) is 0 Å². The van der Waals surface area contributed by atoms with Crippen LogP contribution in [0.1, 0.15) is 12.5 Å². The maximum atomic E-state index is 13.1. The first-order chi connectivity index (χ1) is 20.9. The van der Waals surface area contributed by atoms with Crippen LogP contribution in [-0.2, 0) is 36.7 Å². The molecule has 22 nitrogen and oxygen atoms in total. The lowest BCUT2D eigenvalue weighted by Gasteiger charge is -2.25. The molecule has 3 saturated heterocycles. The Bertz CT molecular complexity index is 1880. The molecule has 3 aliphatic heterocycles. The number of ether oxygens (including phenoxy) is 2. The van der Waals surface area contributed by atoms with Gasteiger partial charge in [-0.3, -0.25) is 27.5 Å². The molecule has 4 aromatic rings. The minimum Gasteiger partial charge on any atom is -0.387 e. The molecule has 236 valence electrons. The number of aromatic amines is 1. The molecule has 0 saturated carbocycles. The van der Waals surface area contributed by atoms with E-state index in [4.69, 9.17) is 33.3 Å². The van der Waals surface area contributed by atoms with E-state index in [0.29, 0.717) is 0 Å². The van der Waals surface area contributed by atoms with Crippen molar-refractivity contribution in [2.75, 3.05) is 18.9 Å². The molecule has 7 N–H and O–H groups in total. The highest BCUT2D eigenvalue weighted by Gasteiger charge is 2.54. The van der Waals surface area contributed by atoms with Gasteiger partial charge in [-0.15, -0.1) is 0 Å². The van der Waals surface area contributed by atoms with Crippen LogP contribution in [-0.4, -0.2) is 109 Å². The third-order valence-corrected chi connectivity index (χ3v) is 9.20. The third-order valence-electron chi connectivity index (χ3n) is 7.23. The van der Waals surface area contributed by atoms with E-state index < -0.39 is 83.5 Å². The molecule has 2 bridgehead atoms. The van der Waals surface area contributed by atoms with Gasteiger partial charge in [0.15, 0.2) is 29.6 Å². The maximum absolute atomic E-state index is 13.1. The molecule has 3 unspecified atom stereocenters. The van der Waals surface area contributed by atoms with Crippen LogP contribution < -0.4 is 11.3 Å². The van der Waals surface area contributed by atoms with Gasteiger partial charge in [-0.25, -0.2) is 33.7 Å². The summed E-state index contributed by atoms with van der Waals surface area (Å²) in [5.41, 5.74) is 5.59. The lowest BCUT2D eigenvalue weighted by atomic mass is 10.1. The highest BCUT2D eigenvalue weighted by molar-refractivity contribution is 7.47. The van der Waals surface area contributed by atoms with Crippen molar-refractivity contribution in [1.29, 1.82) is 0 Å². The second kappa shape index (κ2) is 10.7. The summed E-state index contributed by atoms with van der Waals surface area (Å²) in [5.74, 6) is 0.0398. The highest BCUT2D eigenvalue weighted by atomic mass is 31.2. The van der Waals surface area contributed by atoms with Crippen molar-refractivity contribution in [3.63, 3.8) is 0 Å². The quantitative estimate of drug-likeness (QED) is 0.128. The molecular weight excluding hydrogens is 636 g/mol. The van der Waals surface area contributed by atoms with Gasteiger partial charge >= 0.3 is 15.6 Å². The second-order valence-corrected chi connectivity index (χ2v) is 12.7. The monoisotopic (exact) mass is 659 g/mol. The van der Waals surface area contributed by atoms with E-state index in [1.165, 1.54) is 10.9 Å². The Balaban J connectivity index is 1.20. The number of fused-ring (bicyclic) bond motifs is 5. The van der Waals surface area contributed by atoms with E-state index >= 15 is 0 Å². The SMILES string of the molecule is Nc1ncnc2c1ncn2[C@@H]1OC2COP(=O)(O)O[C@@H]3[C@H](O)[C@@H](COP(=O)(O)O[C@H]2[C@H]1O)O[C@H]3n1ncc2c(=O)[nH]cnc21. The second-order valence-electron chi connectivity index (χ2n) is 9.92. The number of nitrogen functional groups attached to an aromatic ring is 1. The smallest absolute Gasteiger partial charge is 0.387 e. The Morgan fingerprint density at radius 2 is 1.61 bits per heavy atom. The van der Waals surface area contributed by atoms with Crippen molar-refractivity contribution in [2.45, 2.75) is 49.1 Å². The number of imidazole rings is 1. The average molecular weight is 659 g/mol. The molecule has 44 heavy (non-hydrogen) atoms. The van der Waals surface area contributed by atoms with Crippen molar-refractivity contribution < 1.29 is 56.7 Å². The number of aliphatic hydroxyl groups is 2. The van der Waals surface area contributed by atoms with Crippen LogP contribution in [0.5, 0.6) is 0 Å². The van der Waals surface area contributed by atoms with Gasteiger partial charge in [0, 0.05) is 0 Å². The zero-order chi connectivity index (χ0) is 31.0. The lowest BCUT2D eigenvalue weighted by Crippen LogP contribution is -2.36. The Kier molecular flexibility index (Phi) is 7.16. The topological polar surface area (TPSA) is 304 Å². The molecule has 0 amide bonds. The summed E-state index contributed by atoms with van der Waals surface area (Å²) in [5, 5.41) is 26.2. The van der Waals surface area contributed by atoms with E-state index in [1.54, 1.807) is 0 Å². The van der Waals surface area contributed by atoms with Crippen LogP contribution in [0, 0.1) is 0 Å². The van der Waals surface area contributed by atoms with Gasteiger partial charge in [0.05, 0.1) is 32.1 Å². The van der Waals surface area contributed by atoms with E-state index in [1.807, 2.05) is 0 Å². The van der Waals surface area contributed by atoms with Crippen LogP contribution in [0.3, 0.4) is 0 Å². The normalized spacial score (nSPS) is 38.3. The third kappa shape index (κ3) is 5.04. The Morgan fingerprint density at radius 1 is 0.909 bits per heavy atom. The predicted molar refractivity (Wildman–Crippen MR) is 139 cm³/mol. The van der Waals surface area contributed by atoms with Crippen molar-refractivity contribution in [2.24, 2.45) is 0 Å². The number of H-pyrrole nitrogens is 1. The average Bonchev–Trinajstić information content (AvgIpc) is 3.73. The fourth-order valence-corrected chi connectivity index (χ4v) is 7.10. The molecule has 3 fully saturated rings. The summed E-state index contributed by atoms with van der Waals surface area (Å²) in [4.78, 5) is 51.8. The molecule has 7 rings (SSSR count). The summed E-state index contributed by atoms with van der Waals surface area (Å²) in [6, 6.07) is 0. The van der Waals surface area contributed by atoms with Gasteiger partial charge in [-0.05, 0) is 0 Å². The Hall–Kier alpha value is -3.24. The lowest BCUT2D eigenvalue weighted by molar-refractivity contribution is -0.0703. The first-order valence-corrected chi connectivity index (χ1v) is 15.7. The zero-order valence-corrected chi connectivity index (χ0v) is 23.7. The first-order valence-electron chi connectivity index (χ1n) is 12.7. The molecule has 0 spiro atoms. The van der Waals surface area contributed by atoms with Crippen LogP contribution in [0.25, 0.3) is 22.2 Å². The first kappa shape index (κ1) is 29.5. The van der Waals surface area contributed by atoms with Crippen LogP contribution in [0.2, 0.25) is 0 Å². The van der Waals surface area contributed by atoms with Gasteiger partial charge in [0.25, 0.3) is 5.56 Å². The number of rotatable bonds is 2. The van der Waals surface area contributed by atoms with Gasteiger partial charge in [0.1, 0.15) is 53.9 Å². The largest absolute Gasteiger partial charge is 0.472 e. The van der Waals surface area contributed by atoms with Gasteiger partial charge in [-0.2, -0.15) is 5.10 Å². The van der Waals surface area contributed by atoms with Gasteiger partial charge < -0.3 is 40.2 Å². The molecule has 7 heterocycles. The number of nitrogens with zero attached hydrogens (tertiary/aromatic N) is 7. The summed E-state index contributed by atoms with van der Waals surface area (Å²) >= 11 is 0. The van der Waals surface area contributed by atoms with Crippen LogP contribution >= 0.6 is 15.6 Å². The summed E-state index contributed by atoms with van der Waals surface area (Å²) < 4.78 is 60.9. The highest BCUT2D eigenvalue weighted by Crippen LogP contribution is 2.53. The molecule has 4 aromatic heterocycles. The molecule has 24 heteroatoms. The van der Waals surface area contributed by atoms with E-state index in [-0.39, 0.29) is 28.0 Å². The number of hydrogen-bond acceptors (Lipinski definition) is 17. The maximum Gasteiger partial charge on any atom is 0.472 e. The van der Waals surface area contributed by atoms with E-state index in [2.05, 4.69) is 30.0 Å². The fraction of sp³-hybridized carbons (Fsp3) is 0.500. The van der Waals surface area contributed by atoms with Crippen LogP contribution in [0.4, 0.5) is 5.82 Å². The number of aromatic nitrogens is 8. The number of nitrogens with one attached hydrogen (secondary N) is 1. The number of aliphatic hydroxyl groups excluding tert-OH is 2. The molecular formula is C20H23N9O13P2. The van der Waals surface area contributed by atoms with Crippen molar-refractivity contribution in [3.05, 3.63) is 35.5 Å². The Morgan fingerprint density at radius 3 is 2.39 bits per heavy atom.